The largest absolute Gasteiger partial charge is 0.478 e. The number of aromatic carboxylic acids is 1. The summed E-state index contributed by atoms with van der Waals surface area (Å²) in [7, 11) is 4.21. The first kappa shape index (κ1) is 15.3. The SMILES string of the molecule is CN(C)C1(CNc2cc(Br)ccc2C(=O)O)CCCC1. The molecule has 0 heterocycles. The van der Waals surface area contributed by atoms with Crippen molar-refractivity contribution in [2.24, 2.45) is 0 Å². The zero-order chi connectivity index (χ0) is 14.8. The molecule has 1 aromatic rings. The number of rotatable bonds is 5. The number of nitrogens with one attached hydrogen (secondary N) is 1. The zero-order valence-electron chi connectivity index (χ0n) is 11.9. The number of carboxylic acids is 1. The first-order chi connectivity index (χ1) is 9.44. The summed E-state index contributed by atoms with van der Waals surface area (Å²) in [6.07, 6.45) is 4.79. The van der Waals surface area contributed by atoms with Crippen LogP contribution in [-0.4, -0.2) is 42.2 Å². The topological polar surface area (TPSA) is 52.6 Å². The van der Waals surface area contributed by atoms with Gasteiger partial charge in [-0.15, -0.1) is 0 Å². The number of hydrogen-bond donors (Lipinski definition) is 2. The van der Waals surface area contributed by atoms with Crippen molar-refractivity contribution in [1.82, 2.24) is 4.90 Å². The van der Waals surface area contributed by atoms with Crippen molar-refractivity contribution in [3.63, 3.8) is 0 Å². The van der Waals surface area contributed by atoms with Crippen LogP contribution in [0.2, 0.25) is 0 Å². The molecule has 1 saturated carbocycles. The highest BCUT2D eigenvalue weighted by Gasteiger charge is 2.35. The van der Waals surface area contributed by atoms with E-state index in [0.29, 0.717) is 11.3 Å². The normalized spacial score (nSPS) is 17.4. The van der Waals surface area contributed by atoms with E-state index in [0.717, 1.165) is 23.9 Å². The summed E-state index contributed by atoms with van der Waals surface area (Å²) in [6.45, 7) is 0.775. The van der Waals surface area contributed by atoms with Gasteiger partial charge in [0.25, 0.3) is 0 Å². The van der Waals surface area contributed by atoms with Gasteiger partial charge in [0.05, 0.1) is 5.56 Å². The van der Waals surface area contributed by atoms with Gasteiger partial charge in [-0.2, -0.15) is 0 Å². The van der Waals surface area contributed by atoms with Crippen molar-refractivity contribution in [1.29, 1.82) is 0 Å². The number of carbonyl (C=O) groups is 1. The lowest BCUT2D eigenvalue weighted by atomic mass is 9.95. The maximum Gasteiger partial charge on any atom is 0.337 e. The summed E-state index contributed by atoms with van der Waals surface area (Å²) >= 11 is 3.40. The van der Waals surface area contributed by atoms with Crippen LogP contribution in [0.4, 0.5) is 5.69 Å². The van der Waals surface area contributed by atoms with Crippen LogP contribution in [0.3, 0.4) is 0 Å². The lowest BCUT2D eigenvalue weighted by molar-refractivity contribution is 0.0697. The Bertz CT molecular complexity index is 497. The maximum atomic E-state index is 11.3. The Balaban J connectivity index is 2.17. The molecule has 0 radical (unpaired) electrons. The summed E-state index contributed by atoms with van der Waals surface area (Å²) in [5.41, 5.74) is 1.14. The van der Waals surface area contributed by atoms with E-state index < -0.39 is 5.97 Å². The first-order valence-corrected chi connectivity index (χ1v) is 7.68. The van der Waals surface area contributed by atoms with Crippen molar-refractivity contribution in [2.45, 2.75) is 31.2 Å². The van der Waals surface area contributed by atoms with Crippen LogP contribution in [0.15, 0.2) is 22.7 Å². The monoisotopic (exact) mass is 340 g/mol. The third kappa shape index (κ3) is 3.15. The van der Waals surface area contributed by atoms with Gasteiger partial charge in [0.2, 0.25) is 0 Å². The second kappa shape index (κ2) is 6.14. The Morgan fingerprint density at radius 3 is 2.60 bits per heavy atom. The van der Waals surface area contributed by atoms with E-state index in [9.17, 15) is 9.90 Å². The molecule has 20 heavy (non-hydrogen) atoms. The number of benzene rings is 1. The van der Waals surface area contributed by atoms with Gasteiger partial charge in [0, 0.05) is 22.2 Å². The Hall–Kier alpha value is -1.07. The van der Waals surface area contributed by atoms with E-state index in [1.807, 2.05) is 6.07 Å². The molecule has 0 amide bonds. The third-order valence-corrected chi connectivity index (χ3v) is 4.80. The molecule has 1 fully saturated rings. The molecule has 110 valence electrons. The molecule has 1 aliphatic rings. The highest BCUT2D eigenvalue weighted by atomic mass is 79.9. The van der Waals surface area contributed by atoms with Crippen LogP contribution in [0.5, 0.6) is 0 Å². The molecule has 0 atom stereocenters. The lowest BCUT2D eigenvalue weighted by Crippen LogP contribution is -2.47. The number of carboxylic acid groups (broad SMARTS) is 1. The molecule has 0 aliphatic heterocycles. The highest BCUT2D eigenvalue weighted by molar-refractivity contribution is 9.10. The van der Waals surface area contributed by atoms with E-state index >= 15 is 0 Å². The van der Waals surface area contributed by atoms with Crippen molar-refractivity contribution in [3.05, 3.63) is 28.2 Å². The molecule has 0 saturated heterocycles. The van der Waals surface area contributed by atoms with Crippen LogP contribution < -0.4 is 5.32 Å². The van der Waals surface area contributed by atoms with E-state index in [1.165, 1.54) is 12.8 Å². The van der Waals surface area contributed by atoms with Crippen LogP contribution in [-0.2, 0) is 0 Å². The van der Waals surface area contributed by atoms with Gasteiger partial charge in [-0.25, -0.2) is 4.79 Å². The lowest BCUT2D eigenvalue weighted by Gasteiger charge is -2.37. The van der Waals surface area contributed by atoms with E-state index in [2.05, 4.69) is 40.2 Å². The second-order valence-corrected chi connectivity index (χ2v) is 6.59. The average molecular weight is 341 g/mol. The average Bonchev–Trinajstić information content (AvgIpc) is 2.86. The fourth-order valence-corrected chi connectivity index (χ4v) is 3.29. The fraction of sp³-hybridized carbons (Fsp3) is 0.533. The third-order valence-electron chi connectivity index (χ3n) is 4.30. The Morgan fingerprint density at radius 1 is 1.40 bits per heavy atom. The molecular weight excluding hydrogens is 320 g/mol. The molecule has 2 N–H and O–H groups in total. The van der Waals surface area contributed by atoms with Crippen LogP contribution in [0.25, 0.3) is 0 Å². The van der Waals surface area contributed by atoms with Gasteiger partial charge in [-0.3, -0.25) is 0 Å². The number of anilines is 1. The maximum absolute atomic E-state index is 11.3. The van der Waals surface area contributed by atoms with Crippen LogP contribution >= 0.6 is 15.9 Å². The molecule has 0 spiro atoms. The number of likely N-dealkylation sites (N-methyl/N-ethyl adjacent to an activating group) is 1. The zero-order valence-corrected chi connectivity index (χ0v) is 13.5. The van der Waals surface area contributed by atoms with E-state index in [4.69, 9.17) is 0 Å². The van der Waals surface area contributed by atoms with Gasteiger partial charge in [0.1, 0.15) is 0 Å². The van der Waals surface area contributed by atoms with Crippen molar-refractivity contribution in [3.8, 4) is 0 Å². The predicted molar refractivity (Wildman–Crippen MR) is 84.5 cm³/mol. The molecule has 0 aromatic heterocycles. The molecule has 4 nitrogen and oxygen atoms in total. The molecule has 1 aromatic carbocycles. The van der Waals surface area contributed by atoms with E-state index in [1.54, 1.807) is 12.1 Å². The summed E-state index contributed by atoms with van der Waals surface area (Å²) in [6, 6.07) is 5.22. The fourth-order valence-electron chi connectivity index (χ4n) is 2.92. The minimum Gasteiger partial charge on any atom is -0.478 e. The van der Waals surface area contributed by atoms with Crippen LogP contribution in [0.1, 0.15) is 36.0 Å². The number of nitrogens with zero attached hydrogens (tertiary/aromatic N) is 1. The first-order valence-electron chi connectivity index (χ1n) is 6.89. The summed E-state index contributed by atoms with van der Waals surface area (Å²) < 4.78 is 0.885. The highest BCUT2D eigenvalue weighted by Crippen LogP contribution is 2.34. The molecule has 5 heteroatoms. The standard InChI is InChI=1S/C15H21BrN2O2/c1-18(2)15(7-3-4-8-15)10-17-13-9-11(16)5-6-12(13)14(19)20/h5-6,9,17H,3-4,7-8,10H2,1-2H3,(H,19,20). The molecule has 1 aliphatic carbocycles. The van der Waals surface area contributed by atoms with Crippen molar-refractivity contribution >= 4 is 27.6 Å². The molecule has 0 bridgehead atoms. The van der Waals surface area contributed by atoms with Gasteiger partial charge in [-0.05, 0) is 45.1 Å². The Morgan fingerprint density at radius 2 is 2.05 bits per heavy atom. The van der Waals surface area contributed by atoms with Crippen molar-refractivity contribution in [2.75, 3.05) is 26.0 Å². The number of hydrogen-bond acceptors (Lipinski definition) is 3. The Labute approximate surface area is 128 Å². The smallest absolute Gasteiger partial charge is 0.337 e. The summed E-state index contributed by atoms with van der Waals surface area (Å²) in [4.78, 5) is 13.5. The predicted octanol–water partition coefficient (Wildman–Crippen LogP) is 3.43. The quantitative estimate of drug-likeness (QED) is 0.862. The van der Waals surface area contributed by atoms with Crippen molar-refractivity contribution < 1.29 is 9.90 Å². The van der Waals surface area contributed by atoms with Gasteiger partial charge in [0.15, 0.2) is 0 Å². The minimum atomic E-state index is -0.898. The van der Waals surface area contributed by atoms with Gasteiger partial charge < -0.3 is 15.3 Å². The molecule has 0 unspecified atom stereocenters. The minimum absolute atomic E-state index is 0.137. The molecular formula is C15H21BrN2O2. The van der Waals surface area contributed by atoms with E-state index in [-0.39, 0.29) is 5.54 Å². The van der Waals surface area contributed by atoms with Gasteiger partial charge >= 0.3 is 5.97 Å². The Kier molecular flexibility index (Phi) is 4.70. The summed E-state index contributed by atoms with van der Waals surface area (Å²) in [5.74, 6) is -0.898. The van der Waals surface area contributed by atoms with Crippen LogP contribution in [0, 0.1) is 0 Å². The second-order valence-electron chi connectivity index (χ2n) is 5.67. The number of halogens is 1. The molecule has 2 rings (SSSR count). The van der Waals surface area contributed by atoms with Gasteiger partial charge in [-0.1, -0.05) is 28.8 Å². The summed E-state index contributed by atoms with van der Waals surface area (Å²) in [5, 5.41) is 12.6.